The molecule has 1 unspecified atom stereocenters. The summed E-state index contributed by atoms with van der Waals surface area (Å²) in [5, 5.41) is 27.5. The van der Waals surface area contributed by atoms with Crippen LogP contribution in [0, 0.1) is 0 Å². The van der Waals surface area contributed by atoms with Crippen LogP contribution in [0.5, 0.6) is 0 Å². The molecule has 8 heteroatoms. The summed E-state index contributed by atoms with van der Waals surface area (Å²) < 4.78 is 9.57. The van der Waals surface area contributed by atoms with Crippen LogP contribution in [0.15, 0.2) is 0 Å². The topological polar surface area (TPSA) is 130 Å². The number of ether oxygens (including phenoxy) is 2. The van der Waals surface area contributed by atoms with Gasteiger partial charge in [-0.1, -0.05) is 122 Å². The van der Waals surface area contributed by atoms with Crippen molar-refractivity contribution >= 4 is 17.9 Å². The Morgan fingerprint density at radius 1 is 0.595 bits per heavy atom. The van der Waals surface area contributed by atoms with E-state index >= 15 is 0 Å². The number of aliphatic carboxylic acids is 1. The van der Waals surface area contributed by atoms with Gasteiger partial charge in [0.2, 0.25) is 0 Å². The van der Waals surface area contributed by atoms with Gasteiger partial charge in [0.15, 0.2) is 6.10 Å². The lowest BCUT2D eigenvalue weighted by Crippen LogP contribution is -2.31. The molecule has 0 saturated carbocycles. The summed E-state index contributed by atoms with van der Waals surface area (Å²) in [4.78, 5) is 33.5. The van der Waals surface area contributed by atoms with E-state index in [2.05, 4.69) is 11.7 Å². The van der Waals surface area contributed by atoms with E-state index < -0.39 is 43.1 Å². The minimum absolute atomic E-state index is 0.280. The van der Waals surface area contributed by atoms with Crippen molar-refractivity contribution in [1.29, 1.82) is 0 Å². The van der Waals surface area contributed by atoms with Crippen LogP contribution in [0.4, 0.5) is 0 Å². The summed E-state index contributed by atoms with van der Waals surface area (Å²) in [7, 11) is 0. The largest absolute Gasteiger partial charge is 0.481 e. The van der Waals surface area contributed by atoms with E-state index in [1.165, 1.54) is 103 Å². The molecule has 0 heterocycles. The van der Waals surface area contributed by atoms with Crippen LogP contribution in [0.1, 0.15) is 142 Å². The highest BCUT2D eigenvalue weighted by Gasteiger charge is 2.21. The van der Waals surface area contributed by atoms with Crippen molar-refractivity contribution in [2.24, 2.45) is 0 Å². The zero-order valence-electron chi connectivity index (χ0n) is 23.3. The molecule has 0 bridgehead atoms. The summed E-state index contributed by atoms with van der Waals surface area (Å²) >= 11 is 0. The van der Waals surface area contributed by atoms with Gasteiger partial charge in [-0.3, -0.25) is 9.59 Å². The molecule has 2 atom stereocenters. The fourth-order valence-electron chi connectivity index (χ4n) is 4.18. The highest BCUT2D eigenvalue weighted by Crippen LogP contribution is 2.15. The Kier molecular flexibility index (Phi) is 24.8. The van der Waals surface area contributed by atoms with Gasteiger partial charge < -0.3 is 24.8 Å². The second kappa shape index (κ2) is 26.0. The van der Waals surface area contributed by atoms with E-state index in [4.69, 9.17) is 9.84 Å². The zero-order chi connectivity index (χ0) is 27.6. The number of aliphatic hydroxyl groups is 2. The molecule has 0 aromatic carbocycles. The highest BCUT2D eigenvalue weighted by atomic mass is 16.6. The summed E-state index contributed by atoms with van der Waals surface area (Å²) in [6.07, 6.45) is 21.0. The van der Waals surface area contributed by atoms with Crippen LogP contribution >= 0.6 is 0 Å². The van der Waals surface area contributed by atoms with Gasteiger partial charge in [0.1, 0.15) is 19.3 Å². The predicted molar refractivity (Wildman–Crippen MR) is 144 cm³/mol. The smallest absolute Gasteiger partial charge is 0.335 e. The molecular formula is C29H54O8. The molecule has 0 aliphatic carbocycles. The Labute approximate surface area is 224 Å². The summed E-state index contributed by atoms with van der Waals surface area (Å²) in [6.45, 7) is 1.46. The molecule has 0 amide bonds. The first-order valence-electron chi connectivity index (χ1n) is 14.8. The third-order valence-electron chi connectivity index (χ3n) is 6.48. The number of esters is 2. The van der Waals surface area contributed by atoms with Crippen molar-refractivity contribution in [1.82, 2.24) is 0 Å². The van der Waals surface area contributed by atoms with Gasteiger partial charge in [-0.2, -0.15) is 0 Å². The van der Waals surface area contributed by atoms with E-state index in [1.807, 2.05) is 0 Å². The monoisotopic (exact) mass is 530 g/mol. The minimum atomic E-state index is -1.79. The Hall–Kier alpha value is -1.67. The predicted octanol–water partition coefficient (Wildman–Crippen LogP) is 6.09. The van der Waals surface area contributed by atoms with Crippen molar-refractivity contribution in [3.8, 4) is 0 Å². The second-order valence-electron chi connectivity index (χ2n) is 10.2. The van der Waals surface area contributed by atoms with Gasteiger partial charge in [-0.15, -0.1) is 0 Å². The van der Waals surface area contributed by atoms with E-state index in [9.17, 15) is 24.6 Å². The fourth-order valence-corrected chi connectivity index (χ4v) is 4.18. The number of hydrogen-bond acceptors (Lipinski definition) is 7. The summed E-state index contributed by atoms with van der Waals surface area (Å²) in [6, 6.07) is 0. The molecule has 0 saturated heterocycles. The third kappa shape index (κ3) is 25.7. The molecule has 0 radical (unpaired) electrons. The fraction of sp³-hybridized carbons (Fsp3) is 0.897. The SMILES string of the molecule is CCCCCCCCCCCCCCCCCCCCCC(=O)OCC(O)COC(=O)[C@H](O)CC(=O)O. The zero-order valence-corrected chi connectivity index (χ0v) is 23.3. The lowest BCUT2D eigenvalue weighted by Gasteiger charge is -2.13. The normalized spacial score (nSPS) is 12.7. The molecule has 0 aromatic rings. The number of carboxylic acid groups (broad SMARTS) is 1. The number of aliphatic hydroxyl groups excluding tert-OH is 2. The lowest BCUT2D eigenvalue weighted by molar-refractivity contribution is -0.162. The molecule has 3 N–H and O–H groups in total. The lowest BCUT2D eigenvalue weighted by atomic mass is 10.0. The van der Waals surface area contributed by atoms with E-state index in [-0.39, 0.29) is 13.0 Å². The first-order chi connectivity index (χ1) is 17.9. The molecule has 218 valence electrons. The van der Waals surface area contributed by atoms with Crippen molar-refractivity contribution in [3.63, 3.8) is 0 Å². The molecule has 0 aromatic heterocycles. The molecular weight excluding hydrogens is 476 g/mol. The number of rotatable bonds is 27. The van der Waals surface area contributed by atoms with Crippen molar-refractivity contribution < 1.29 is 39.2 Å². The minimum Gasteiger partial charge on any atom is -0.481 e. The van der Waals surface area contributed by atoms with Crippen LogP contribution in [0.3, 0.4) is 0 Å². The van der Waals surface area contributed by atoms with Crippen LogP contribution in [-0.4, -0.2) is 58.6 Å². The van der Waals surface area contributed by atoms with E-state index in [0.29, 0.717) is 0 Å². The first kappa shape index (κ1) is 35.3. The molecule has 37 heavy (non-hydrogen) atoms. The highest BCUT2D eigenvalue weighted by molar-refractivity contribution is 5.80. The van der Waals surface area contributed by atoms with Gasteiger partial charge in [0.25, 0.3) is 0 Å². The van der Waals surface area contributed by atoms with Crippen LogP contribution < -0.4 is 0 Å². The average molecular weight is 531 g/mol. The van der Waals surface area contributed by atoms with E-state index in [1.54, 1.807) is 0 Å². The van der Waals surface area contributed by atoms with E-state index in [0.717, 1.165) is 19.3 Å². The standard InChI is InChI=1S/C29H54O8/c1-2-3-4-5-6-7-8-9-10-11-12-13-14-15-16-17-18-19-20-21-28(34)36-23-25(30)24-37-29(35)26(31)22-27(32)33/h25-26,30-31H,2-24H2,1H3,(H,32,33)/t25?,26-/m1/s1. The van der Waals surface area contributed by atoms with Gasteiger partial charge in [0, 0.05) is 6.42 Å². The molecule has 0 aliphatic rings. The number of carbonyl (C=O) groups is 3. The number of unbranched alkanes of at least 4 members (excludes halogenated alkanes) is 18. The molecule has 8 nitrogen and oxygen atoms in total. The van der Waals surface area contributed by atoms with Gasteiger partial charge in [-0.05, 0) is 6.42 Å². The van der Waals surface area contributed by atoms with Crippen LogP contribution in [-0.2, 0) is 23.9 Å². The van der Waals surface area contributed by atoms with Crippen LogP contribution in [0.25, 0.3) is 0 Å². The maximum atomic E-state index is 11.8. The molecule has 0 rings (SSSR count). The van der Waals surface area contributed by atoms with Crippen molar-refractivity contribution in [2.45, 2.75) is 154 Å². The Bertz CT molecular complexity index is 566. The molecule has 0 aliphatic heterocycles. The quantitative estimate of drug-likeness (QED) is 0.0859. The first-order valence-corrected chi connectivity index (χ1v) is 14.8. The average Bonchev–Trinajstić information content (AvgIpc) is 2.86. The second-order valence-corrected chi connectivity index (χ2v) is 10.2. The van der Waals surface area contributed by atoms with Gasteiger partial charge in [0.05, 0.1) is 6.42 Å². The summed E-state index contributed by atoms with van der Waals surface area (Å²) in [5.74, 6) is -2.89. The third-order valence-corrected chi connectivity index (χ3v) is 6.48. The number of carbonyl (C=O) groups excluding carboxylic acids is 2. The number of hydrogen-bond donors (Lipinski definition) is 3. The van der Waals surface area contributed by atoms with Gasteiger partial charge >= 0.3 is 17.9 Å². The number of carboxylic acids is 1. The Morgan fingerprint density at radius 2 is 0.973 bits per heavy atom. The molecule has 0 spiro atoms. The molecule has 0 fully saturated rings. The van der Waals surface area contributed by atoms with Crippen molar-refractivity contribution in [2.75, 3.05) is 13.2 Å². The van der Waals surface area contributed by atoms with Crippen LogP contribution in [0.2, 0.25) is 0 Å². The summed E-state index contributed by atoms with van der Waals surface area (Å²) in [5.41, 5.74) is 0. The maximum Gasteiger partial charge on any atom is 0.335 e. The van der Waals surface area contributed by atoms with Crippen molar-refractivity contribution in [3.05, 3.63) is 0 Å². The maximum absolute atomic E-state index is 11.8. The Morgan fingerprint density at radius 3 is 1.38 bits per heavy atom. The Balaban J connectivity index is 3.38. The van der Waals surface area contributed by atoms with Gasteiger partial charge in [-0.25, -0.2) is 4.79 Å².